The molecule has 0 aromatic heterocycles. The summed E-state index contributed by atoms with van der Waals surface area (Å²) in [4.78, 5) is 11.0. The molecule has 0 aliphatic rings. The van der Waals surface area contributed by atoms with Gasteiger partial charge in [0.1, 0.15) is 0 Å². The monoisotopic (exact) mass is 318 g/mol. The molecule has 0 radical (unpaired) electrons. The number of aromatic carboxylic acids is 1. The van der Waals surface area contributed by atoms with Crippen molar-refractivity contribution < 1.29 is 18.3 Å². The van der Waals surface area contributed by atoms with Gasteiger partial charge in [0, 0.05) is 5.69 Å². The highest BCUT2D eigenvalue weighted by atomic mass is 32.2. The molecule has 0 atom stereocenters. The molecular formula is C16H16NO4S-. The highest BCUT2D eigenvalue weighted by molar-refractivity contribution is 7.92. The molecule has 1 N–H and O–H groups in total. The van der Waals surface area contributed by atoms with E-state index in [1.807, 2.05) is 6.92 Å². The highest BCUT2D eigenvalue weighted by Crippen LogP contribution is 2.23. The quantitative estimate of drug-likeness (QED) is 0.931. The SMILES string of the molecule is Cc1ccc(NS(=O)(=O)c2cc(C(=O)[O-])cc(C)c2C)cc1. The maximum atomic E-state index is 12.5. The molecule has 0 bridgehead atoms. The second-order valence-corrected chi connectivity index (χ2v) is 6.83. The summed E-state index contributed by atoms with van der Waals surface area (Å²) >= 11 is 0. The summed E-state index contributed by atoms with van der Waals surface area (Å²) in [5.41, 5.74) is 2.35. The van der Waals surface area contributed by atoms with Crippen LogP contribution in [0.3, 0.4) is 0 Å². The van der Waals surface area contributed by atoms with E-state index in [-0.39, 0.29) is 10.5 Å². The molecule has 5 nitrogen and oxygen atoms in total. The van der Waals surface area contributed by atoms with E-state index >= 15 is 0 Å². The van der Waals surface area contributed by atoms with Crippen LogP contribution in [0.1, 0.15) is 27.0 Å². The summed E-state index contributed by atoms with van der Waals surface area (Å²) in [7, 11) is -3.88. The molecule has 0 spiro atoms. The molecule has 0 saturated heterocycles. The van der Waals surface area contributed by atoms with E-state index < -0.39 is 16.0 Å². The number of carbonyl (C=O) groups is 1. The number of benzene rings is 2. The van der Waals surface area contributed by atoms with Crippen LogP contribution in [0.25, 0.3) is 0 Å². The lowest BCUT2D eigenvalue weighted by Gasteiger charge is -2.14. The molecule has 2 rings (SSSR count). The summed E-state index contributed by atoms with van der Waals surface area (Å²) in [6, 6.07) is 9.39. The molecule has 0 saturated carbocycles. The first-order chi connectivity index (χ1) is 10.2. The zero-order valence-electron chi connectivity index (χ0n) is 12.5. The molecule has 0 aliphatic carbocycles. The van der Waals surface area contributed by atoms with Crippen LogP contribution in [0.15, 0.2) is 41.3 Å². The smallest absolute Gasteiger partial charge is 0.262 e. The van der Waals surface area contributed by atoms with Crippen LogP contribution in [0.2, 0.25) is 0 Å². The van der Waals surface area contributed by atoms with Crippen molar-refractivity contribution in [2.75, 3.05) is 4.72 Å². The van der Waals surface area contributed by atoms with Crippen LogP contribution in [0.5, 0.6) is 0 Å². The Balaban J connectivity index is 2.49. The third-order valence-electron chi connectivity index (χ3n) is 3.45. The minimum absolute atomic E-state index is 0.0627. The zero-order chi connectivity index (χ0) is 16.5. The molecule has 2 aromatic carbocycles. The summed E-state index contributed by atoms with van der Waals surface area (Å²) in [5, 5.41) is 11.0. The van der Waals surface area contributed by atoms with Gasteiger partial charge in [0.15, 0.2) is 0 Å². The lowest BCUT2D eigenvalue weighted by atomic mass is 10.1. The molecule has 0 aliphatic heterocycles. The third kappa shape index (κ3) is 3.28. The van der Waals surface area contributed by atoms with Gasteiger partial charge in [-0.3, -0.25) is 4.72 Å². The highest BCUT2D eigenvalue weighted by Gasteiger charge is 2.19. The van der Waals surface area contributed by atoms with Gasteiger partial charge in [-0.2, -0.15) is 0 Å². The van der Waals surface area contributed by atoms with Gasteiger partial charge in [-0.15, -0.1) is 0 Å². The third-order valence-corrected chi connectivity index (χ3v) is 4.96. The van der Waals surface area contributed by atoms with E-state index in [1.54, 1.807) is 38.1 Å². The molecule has 6 heteroatoms. The molecule has 22 heavy (non-hydrogen) atoms. The molecule has 0 amide bonds. The lowest BCUT2D eigenvalue weighted by molar-refractivity contribution is -0.255. The van der Waals surface area contributed by atoms with Crippen molar-refractivity contribution in [3.8, 4) is 0 Å². The number of sulfonamides is 1. The Bertz CT molecular complexity index is 824. The topological polar surface area (TPSA) is 86.3 Å². The number of hydrogen-bond acceptors (Lipinski definition) is 4. The van der Waals surface area contributed by atoms with Crippen molar-refractivity contribution in [1.29, 1.82) is 0 Å². The number of rotatable bonds is 4. The fourth-order valence-corrected chi connectivity index (χ4v) is 3.46. The number of hydrogen-bond donors (Lipinski definition) is 1. The van der Waals surface area contributed by atoms with Crippen molar-refractivity contribution in [2.45, 2.75) is 25.7 Å². The standard InChI is InChI=1S/C16H17NO4S/c1-10-4-6-14(7-5-10)17-22(20,21)15-9-13(16(18)19)8-11(2)12(15)3/h4-9,17H,1-3H3,(H,18,19)/p-1. The van der Waals surface area contributed by atoms with Gasteiger partial charge in [-0.1, -0.05) is 17.7 Å². The van der Waals surface area contributed by atoms with Crippen molar-refractivity contribution in [3.05, 3.63) is 58.7 Å². The Kier molecular flexibility index (Phi) is 4.23. The fraction of sp³-hybridized carbons (Fsp3) is 0.188. The van der Waals surface area contributed by atoms with Crippen LogP contribution in [0.4, 0.5) is 5.69 Å². The Labute approximate surface area is 129 Å². The van der Waals surface area contributed by atoms with Gasteiger partial charge in [-0.05, 0) is 61.7 Å². The van der Waals surface area contributed by atoms with Crippen LogP contribution in [-0.4, -0.2) is 14.4 Å². The largest absolute Gasteiger partial charge is 0.545 e. The van der Waals surface area contributed by atoms with E-state index in [9.17, 15) is 18.3 Å². The lowest BCUT2D eigenvalue weighted by Crippen LogP contribution is -2.23. The van der Waals surface area contributed by atoms with Crippen molar-refractivity contribution in [3.63, 3.8) is 0 Å². The van der Waals surface area contributed by atoms with E-state index in [0.717, 1.165) is 11.6 Å². The molecule has 0 fully saturated rings. The zero-order valence-corrected chi connectivity index (χ0v) is 13.3. The Morgan fingerprint density at radius 1 is 1.05 bits per heavy atom. The van der Waals surface area contributed by atoms with Gasteiger partial charge in [-0.25, -0.2) is 8.42 Å². The average molecular weight is 318 g/mol. The summed E-state index contributed by atoms with van der Waals surface area (Å²) in [6.45, 7) is 5.19. The van der Waals surface area contributed by atoms with Crippen LogP contribution in [-0.2, 0) is 10.0 Å². The normalized spacial score (nSPS) is 11.2. The first kappa shape index (κ1) is 16.0. The number of carboxylic acid groups (broad SMARTS) is 1. The molecule has 0 heterocycles. The number of carboxylic acids is 1. The van der Waals surface area contributed by atoms with E-state index in [2.05, 4.69) is 4.72 Å². The molecule has 0 unspecified atom stereocenters. The summed E-state index contributed by atoms with van der Waals surface area (Å²) < 4.78 is 27.5. The average Bonchev–Trinajstić information content (AvgIpc) is 2.43. The predicted octanol–water partition coefficient (Wildman–Crippen LogP) is 1.78. The van der Waals surface area contributed by atoms with E-state index in [1.165, 1.54) is 6.07 Å². The van der Waals surface area contributed by atoms with Crippen molar-refractivity contribution >= 4 is 21.7 Å². The molecule has 116 valence electrons. The maximum Gasteiger partial charge on any atom is 0.262 e. The minimum atomic E-state index is -3.88. The first-order valence-corrected chi connectivity index (χ1v) is 8.11. The van der Waals surface area contributed by atoms with Gasteiger partial charge >= 0.3 is 0 Å². The molecule has 2 aromatic rings. The fourth-order valence-electron chi connectivity index (χ4n) is 2.06. The summed E-state index contributed by atoms with van der Waals surface area (Å²) in [5.74, 6) is -1.41. The number of nitrogens with one attached hydrogen (secondary N) is 1. The molecular weight excluding hydrogens is 302 g/mol. The first-order valence-electron chi connectivity index (χ1n) is 6.63. The van der Waals surface area contributed by atoms with Gasteiger partial charge in [0.25, 0.3) is 10.0 Å². The Morgan fingerprint density at radius 3 is 2.18 bits per heavy atom. The van der Waals surface area contributed by atoms with Gasteiger partial charge in [0.05, 0.1) is 10.9 Å². The predicted molar refractivity (Wildman–Crippen MR) is 82.2 cm³/mol. The van der Waals surface area contributed by atoms with Crippen molar-refractivity contribution in [1.82, 2.24) is 0 Å². The number of carbonyl (C=O) groups excluding carboxylic acids is 1. The second-order valence-electron chi connectivity index (χ2n) is 5.18. The number of aryl methyl sites for hydroxylation is 2. The van der Waals surface area contributed by atoms with E-state index in [4.69, 9.17) is 0 Å². The maximum absolute atomic E-state index is 12.5. The minimum Gasteiger partial charge on any atom is -0.545 e. The Hall–Kier alpha value is -2.34. The van der Waals surface area contributed by atoms with Crippen LogP contribution in [0, 0.1) is 20.8 Å². The summed E-state index contributed by atoms with van der Waals surface area (Å²) in [6.07, 6.45) is 0. The second kappa shape index (κ2) is 5.81. The van der Waals surface area contributed by atoms with Crippen LogP contribution < -0.4 is 9.83 Å². The van der Waals surface area contributed by atoms with Gasteiger partial charge < -0.3 is 9.90 Å². The van der Waals surface area contributed by atoms with Crippen LogP contribution >= 0.6 is 0 Å². The Morgan fingerprint density at radius 2 is 1.64 bits per heavy atom. The van der Waals surface area contributed by atoms with Gasteiger partial charge in [0.2, 0.25) is 0 Å². The van der Waals surface area contributed by atoms with E-state index in [0.29, 0.717) is 16.8 Å². The number of anilines is 1. The van der Waals surface area contributed by atoms with Crippen molar-refractivity contribution in [2.24, 2.45) is 0 Å².